The Bertz CT molecular complexity index is 1190. The molecule has 59 heavy (non-hydrogen) atoms. The molecule has 2 unspecified atom stereocenters. The van der Waals surface area contributed by atoms with E-state index in [1.807, 2.05) is 0 Å². The Morgan fingerprint density at radius 2 is 0.966 bits per heavy atom. The Morgan fingerprint density at radius 3 is 1.42 bits per heavy atom. The van der Waals surface area contributed by atoms with Crippen LogP contribution in [0.5, 0.6) is 0 Å². The fourth-order valence-electron chi connectivity index (χ4n) is 7.08. The fourth-order valence-corrected chi connectivity index (χ4v) is 7.77. The first-order chi connectivity index (χ1) is 28.5. The highest BCUT2D eigenvalue weighted by molar-refractivity contribution is 7.85. The SMILES string of the molecule is CCCCCC/C=C/CCCCCCCCCCCC(=O)OC[C@H](CO[C@H]1O[C@H](CS(=O)(=O)O)[C@@H](O)C(O)C1O)OC(=O)CCCCCCC/C=C/CCCCCCC. The topological polar surface area (TPSA) is 186 Å². The second-order valence-electron chi connectivity index (χ2n) is 16.4. The molecule has 0 spiro atoms. The number of ether oxygens (including phenoxy) is 4. The van der Waals surface area contributed by atoms with Crippen LogP contribution in [0.25, 0.3) is 0 Å². The molecule has 0 bridgehead atoms. The van der Waals surface area contributed by atoms with Crippen molar-refractivity contribution in [2.75, 3.05) is 19.0 Å². The van der Waals surface area contributed by atoms with Crippen molar-refractivity contribution in [3.8, 4) is 0 Å². The minimum absolute atomic E-state index is 0.156. The smallest absolute Gasteiger partial charge is 0.306 e. The zero-order valence-corrected chi connectivity index (χ0v) is 37.7. The first-order valence-electron chi connectivity index (χ1n) is 23.4. The third kappa shape index (κ3) is 31.6. The van der Waals surface area contributed by atoms with Gasteiger partial charge < -0.3 is 34.3 Å². The number of esters is 2. The van der Waals surface area contributed by atoms with Crippen LogP contribution < -0.4 is 0 Å². The van der Waals surface area contributed by atoms with E-state index >= 15 is 0 Å². The molecule has 1 aliphatic heterocycles. The van der Waals surface area contributed by atoms with Crippen molar-refractivity contribution in [3.63, 3.8) is 0 Å². The number of rotatable bonds is 39. The lowest BCUT2D eigenvalue weighted by Crippen LogP contribution is -2.60. The van der Waals surface area contributed by atoms with E-state index in [-0.39, 0.29) is 19.4 Å². The zero-order chi connectivity index (χ0) is 43.4. The summed E-state index contributed by atoms with van der Waals surface area (Å²) in [5, 5.41) is 30.9. The molecule has 0 aromatic carbocycles. The van der Waals surface area contributed by atoms with Gasteiger partial charge in [-0.05, 0) is 64.2 Å². The number of carbonyl (C=O) groups excluding carboxylic acids is 2. The van der Waals surface area contributed by atoms with E-state index in [0.717, 1.165) is 57.8 Å². The van der Waals surface area contributed by atoms with Crippen molar-refractivity contribution in [2.24, 2.45) is 0 Å². The highest BCUT2D eigenvalue weighted by atomic mass is 32.2. The van der Waals surface area contributed by atoms with Crippen LogP contribution in [0.1, 0.15) is 200 Å². The number of aliphatic hydroxyl groups excluding tert-OH is 3. The van der Waals surface area contributed by atoms with Crippen molar-refractivity contribution in [1.82, 2.24) is 0 Å². The molecular weight excluding hydrogens is 777 g/mol. The summed E-state index contributed by atoms with van der Waals surface area (Å²) in [7, 11) is -4.60. The normalized spacial score (nSPS) is 20.4. The van der Waals surface area contributed by atoms with Gasteiger partial charge in [0.25, 0.3) is 10.1 Å². The Morgan fingerprint density at radius 1 is 0.559 bits per heavy atom. The van der Waals surface area contributed by atoms with Gasteiger partial charge in [0, 0.05) is 12.8 Å². The first kappa shape index (κ1) is 55.1. The molecule has 0 aromatic heterocycles. The van der Waals surface area contributed by atoms with Crippen molar-refractivity contribution in [3.05, 3.63) is 24.3 Å². The van der Waals surface area contributed by atoms with Gasteiger partial charge in [-0.2, -0.15) is 8.42 Å². The molecule has 6 atom stereocenters. The molecule has 346 valence electrons. The Labute approximate surface area is 358 Å². The van der Waals surface area contributed by atoms with E-state index in [4.69, 9.17) is 18.9 Å². The van der Waals surface area contributed by atoms with Crippen LogP contribution in [0, 0.1) is 0 Å². The molecule has 13 heteroatoms. The monoisotopic (exact) mass is 861 g/mol. The van der Waals surface area contributed by atoms with Gasteiger partial charge in [0.2, 0.25) is 0 Å². The zero-order valence-electron chi connectivity index (χ0n) is 36.9. The summed E-state index contributed by atoms with van der Waals surface area (Å²) in [6, 6.07) is 0. The fraction of sp³-hybridized carbons (Fsp3) is 0.870. The van der Waals surface area contributed by atoms with Gasteiger partial charge in [0.15, 0.2) is 12.4 Å². The summed E-state index contributed by atoms with van der Waals surface area (Å²) in [6.45, 7) is 3.74. The van der Waals surface area contributed by atoms with E-state index in [2.05, 4.69) is 38.2 Å². The second kappa shape index (κ2) is 36.8. The lowest BCUT2D eigenvalue weighted by atomic mass is 10.00. The minimum Gasteiger partial charge on any atom is -0.462 e. The third-order valence-corrected chi connectivity index (χ3v) is 11.5. The molecule has 0 radical (unpaired) electrons. The maximum Gasteiger partial charge on any atom is 0.306 e. The van der Waals surface area contributed by atoms with Crippen LogP contribution in [-0.4, -0.2) is 96.0 Å². The standard InChI is InChI=1S/C46H84O12S/c1-3-5-7-9-11-13-15-17-19-20-21-23-24-26-28-30-32-34-41(47)55-36-39(37-56-46-45(51)44(50)43(49)40(58-46)38-59(52,53)54)57-42(48)35-33-31-29-27-25-22-18-16-14-12-10-8-6-4-2/h13,15-16,18,39-40,43-46,49-51H,3-12,14,17,19-38H2,1-2H3,(H,52,53,54)/b15-13+,18-16+/t39-,40-,43-,44?,45?,46+/m1/s1. The molecule has 1 fully saturated rings. The van der Waals surface area contributed by atoms with Crippen LogP contribution in [0.3, 0.4) is 0 Å². The number of allylic oxidation sites excluding steroid dienone is 4. The average molecular weight is 861 g/mol. The molecule has 0 aromatic rings. The van der Waals surface area contributed by atoms with Gasteiger partial charge in [-0.1, -0.05) is 147 Å². The Hall–Kier alpha value is -1.87. The lowest BCUT2D eigenvalue weighted by Gasteiger charge is -2.40. The molecule has 0 saturated carbocycles. The van der Waals surface area contributed by atoms with Crippen LogP contribution >= 0.6 is 0 Å². The van der Waals surface area contributed by atoms with Crippen LogP contribution in [0.2, 0.25) is 0 Å². The third-order valence-electron chi connectivity index (χ3n) is 10.8. The maximum atomic E-state index is 12.8. The summed E-state index contributed by atoms with van der Waals surface area (Å²) in [4.78, 5) is 25.4. The molecular formula is C46H84O12S. The number of hydrogen-bond donors (Lipinski definition) is 4. The first-order valence-corrected chi connectivity index (χ1v) is 25.0. The van der Waals surface area contributed by atoms with Crippen LogP contribution in [0.15, 0.2) is 24.3 Å². The highest BCUT2D eigenvalue weighted by Crippen LogP contribution is 2.24. The molecule has 4 N–H and O–H groups in total. The Kier molecular flexibility index (Phi) is 34.4. The quantitative estimate of drug-likeness (QED) is 0.0199. The minimum atomic E-state index is -4.60. The molecule has 1 rings (SSSR count). The van der Waals surface area contributed by atoms with Gasteiger partial charge in [-0.15, -0.1) is 0 Å². The van der Waals surface area contributed by atoms with Gasteiger partial charge in [0.05, 0.1) is 6.61 Å². The molecule has 12 nitrogen and oxygen atoms in total. The largest absolute Gasteiger partial charge is 0.462 e. The van der Waals surface area contributed by atoms with Gasteiger partial charge in [-0.25, -0.2) is 0 Å². The van der Waals surface area contributed by atoms with Gasteiger partial charge in [-0.3, -0.25) is 14.1 Å². The molecule has 1 saturated heterocycles. The van der Waals surface area contributed by atoms with Crippen molar-refractivity contribution in [1.29, 1.82) is 0 Å². The average Bonchev–Trinajstić information content (AvgIpc) is 3.20. The van der Waals surface area contributed by atoms with Crippen LogP contribution in [-0.2, 0) is 38.7 Å². The number of unbranched alkanes of at least 4 members (excludes halogenated alkanes) is 23. The second-order valence-corrected chi connectivity index (χ2v) is 17.9. The molecule has 0 aliphatic carbocycles. The predicted molar refractivity (Wildman–Crippen MR) is 233 cm³/mol. The van der Waals surface area contributed by atoms with Gasteiger partial charge >= 0.3 is 11.9 Å². The summed E-state index contributed by atoms with van der Waals surface area (Å²) in [6.07, 6.45) is 30.7. The number of carbonyl (C=O) groups is 2. The van der Waals surface area contributed by atoms with Crippen molar-refractivity contribution in [2.45, 2.75) is 237 Å². The predicted octanol–water partition coefficient (Wildman–Crippen LogP) is 9.62. The van der Waals surface area contributed by atoms with Gasteiger partial charge in [0.1, 0.15) is 36.8 Å². The molecule has 1 aliphatic rings. The van der Waals surface area contributed by atoms with E-state index in [9.17, 15) is 37.9 Å². The van der Waals surface area contributed by atoms with E-state index < -0.39 is 71.2 Å². The summed E-state index contributed by atoms with van der Waals surface area (Å²) >= 11 is 0. The maximum absolute atomic E-state index is 12.8. The summed E-state index contributed by atoms with van der Waals surface area (Å²) in [5.41, 5.74) is 0. The molecule has 0 amide bonds. The summed E-state index contributed by atoms with van der Waals surface area (Å²) in [5.74, 6) is -1.99. The number of aliphatic hydroxyl groups is 3. The van der Waals surface area contributed by atoms with E-state index in [1.165, 1.54) is 103 Å². The van der Waals surface area contributed by atoms with E-state index in [0.29, 0.717) is 12.8 Å². The molecule has 1 heterocycles. The van der Waals surface area contributed by atoms with Crippen molar-refractivity contribution < 1.29 is 56.8 Å². The number of hydrogen-bond acceptors (Lipinski definition) is 11. The van der Waals surface area contributed by atoms with E-state index in [1.54, 1.807) is 0 Å². The summed E-state index contributed by atoms with van der Waals surface area (Å²) < 4.78 is 54.1. The Balaban J connectivity index is 2.43. The highest BCUT2D eigenvalue weighted by Gasteiger charge is 2.46. The van der Waals surface area contributed by atoms with Crippen molar-refractivity contribution >= 4 is 22.1 Å². The van der Waals surface area contributed by atoms with Crippen LogP contribution in [0.4, 0.5) is 0 Å². The lowest BCUT2D eigenvalue weighted by molar-refractivity contribution is -0.297.